The summed E-state index contributed by atoms with van der Waals surface area (Å²) in [4.78, 5) is 14.5. The highest BCUT2D eigenvalue weighted by atomic mass is 32.2. The Balaban J connectivity index is 1.90. The molecule has 1 aliphatic heterocycles. The van der Waals surface area contributed by atoms with Crippen molar-refractivity contribution in [3.05, 3.63) is 29.3 Å². The first kappa shape index (κ1) is 19.9. The second-order valence-electron chi connectivity index (χ2n) is 6.65. The molecule has 0 saturated carbocycles. The van der Waals surface area contributed by atoms with Crippen molar-refractivity contribution in [2.75, 3.05) is 31.2 Å². The zero-order chi connectivity index (χ0) is 18.4. The Morgan fingerprint density at radius 2 is 1.72 bits per heavy atom. The first-order chi connectivity index (χ1) is 11.8. The first-order valence-corrected chi connectivity index (χ1v) is 10.8. The van der Waals surface area contributed by atoms with E-state index >= 15 is 0 Å². The molecule has 1 fully saturated rings. The average Bonchev–Trinajstić information content (AvgIpc) is 2.55. The minimum Gasteiger partial charge on any atom is -0.324 e. The molecule has 1 aromatic carbocycles. The highest BCUT2D eigenvalue weighted by Gasteiger charge is 2.23. The lowest BCUT2D eigenvalue weighted by Gasteiger charge is -2.31. The smallest absolute Gasteiger partial charge is 0.238 e. The van der Waals surface area contributed by atoms with Crippen molar-refractivity contribution in [2.24, 2.45) is 0 Å². The van der Waals surface area contributed by atoms with Crippen molar-refractivity contribution >= 4 is 21.6 Å². The van der Waals surface area contributed by atoms with Crippen molar-refractivity contribution in [2.45, 2.75) is 45.6 Å². The SMILES string of the molecule is CCc1cccc(CC)c1NC(=O)CN1CCC(NS(C)(=O)=O)CC1. The molecule has 0 unspecified atom stereocenters. The van der Waals surface area contributed by atoms with Crippen LogP contribution < -0.4 is 10.0 Å². The molecule has 1 saturated heterocycles. The molecule has 0 radical (unpaired) electrons. The molecule has 140 valence electrons. The van der Waals surface area contributed by atoms with Crippen molar-refractivity contribution < 1.29 is 13.2 Å². The van der Waals surface area contributed by atoms with Gasteiger partial charge < -0.3 is 5.32 Å². The molecule has 0 atom stereocenters. The number of carbonyl (C=O) groups excluding carboxylic acids is 1. The molecule has 0 bridgehead atoms. The molecule has 7 heteroatoms. The third-order valence-corrected chi connectivity index (χ3v) is 5.36. The van der Waals surface area contributed by atoms with E-state index in [1.54, 1.807) is 0 Å². The van der Waals surface area contributed by atoms with Crippen molar-refractivity contribution in [3.8, 4) is 0 Å². The lowest BCUT2D eigenvalue weighted by Crippen LogP contribution is -2.46. The predicted octanol–water partition coefficient (Wildman–Crippen LogP) is 1.76. The number of benzene rings is 1. The van der Waals surface area contributed by atoms with Gasteiger partial charge in [0.1, 0.15) is 0 Å². The zero-order valence-electron chi connectivity index (χ0n) is 15.3. The second-order valence-corrected chi connectivity index (χ2v) is 8.43. The molecular formula is C18H29N3O3S. The lowest BCUT2D eigenvalue weighted by molar-refractivity contribution is -0.117. The minimum atomic E-state index is -3.17. The quantitative estimate of drug-likeness (QED) is 0.770. The molecule has 0 aliphatic carbocycles. The number of hydrogen-bond donors (Lipinski definition) is 2. The van der Waals surface area contributed by atoms with E-state index < -0.39 is 10.0 Å². The van der Waals surface area contributed by atoms with Gasteiger partial charge in [0.05, 0.1) is 12.8 Å². The lowest BCUT2D eigenvalue weighted by atomic mass is 10.0. The van der Waals surface area contributed by atoms with Crippen molar-refractivity contribution in [1.82, 2.24) is 9.62 Å². The molecule has 1 aromatic rings. The number of nitrogens with zero attached hydrogens (tertiary/aromatic N) is 1. The van der Waals surface area contributed by atoms with E-state index in [9.17, 15) is 13.2 Å². The second kappa shape index (κ2) is 8.78. The fraction of sp³-hybridized carbons (Fsp3) is 0.611. The number of hydrogen-bond acceptors (Lipinski definition) is 4. The summed E-state index contributed by atoms with van der Waals surface area (Å²) in [6.45, 7) is 5.95. The monoisotopic (exact) mass is 367 g/mol. The standard InChI is InChI=1S/C18H29N3O3S/c1-4-14-7-6-8-15(5-2)18(14)19-17(22)13-21-11-9-16(10-12-21)20-25(3,23)24/h6-8,16,20H,4-5,9-13H2,1-3H3,(H,19,22). The van der Waals surface area contributed by atoms with E-state index in [-0.39, 0.29) is 11.9 Å². The Morgan fingerprint density at radius 3 is 2.20 bits per heavy atom. The number of carbonyl (C=O) groups is 1. The molecular weight excluding hydrogens is 338 g/mol. The fourth-order valence-corrected chi connectivity index (χ4v) is 4.14. The summed E-state index contributed by atoms with van der Waals surface area (Å²) < 4.78 is 25.2. The van der Waals surface area contributed by atoms with Crippen LogP contribution >= 0.6 is 0 Å². The molecule has 1 amide bonds. The summed E-state index contributed by atoms with van der Waals surface area (Å²) in [5.41, 5.74) is 3.26. The van der Waals surface area contributed by atoms with Gasteiger partial charge in [0.25, 0.3) is 0 Å². The van der Waals surface area contributed by atoms with Gasteiger partial charge in [0.2, 0.25) is 15.9 Å². The summed E-state index contributed by atoms with van der Waals surface area (Å²) in [6.07, 6.45) is 4.40. The van der Waals surface area contributed by atoms with E-state index in [1.165, 1.54) is 6.26 Å². The maximum Gasteiger partial charge on any atom is 0.238 e. The van der Waals surface area contributed by atoms with Gasteiger partial charge in [-0.1, -0.05) is 32.0 Å². The maximum atomic E-state index is 12.5. The molecule has 0 spiro atoms. The van der Waals surface area contributed by atoms with Crippen LogP contribution in [-0.4, -0.2) is 51.2 Å². The summed E-state index contributed by atoms with van der Waals surface area (Å²) in [6, 6.07) is 6.11. The number of amides is 1. The van der Waals surface area contributed by atoms with Gasteiger partial charge in [0.15, 0.2) is 0 Å². The zero-order valence-corrected chi connectivity index (χ0v) is 16.2. The third-order valence-electron chi connectivity index (χ3n) is 4.60. The Bertz CT molecular complexity index is 673. The van der Waals surface area contributed by atoms with Crippen LogP contribution in [0, 0.1) is 0 Å². The van der Waals surface area contributed by atoms with Crippen LogP contribution in [0.4, 0.5) is 5.69 Å². The molecule has 2 N–H and O–H groups in total. The van der Waals surface area contributed by atoms with Gasteiger partial charge in [-0.2, -0.15) is 0 Å². The Morgan fingerprint density at radius 1 is 1.16 bits per heavy atom. The predicted molar refractivity (Wildman–Crippen MR) is 101 cm³/mol. The van der Waals surface area contributed by atoms with Crippen molar-refractivity contribution in [3.63, 3.8) is 0 Å². The van der Waals surface area contributed by atoms with Crippen LogP contribution in [0.2, 0.25) is 0 Å². The van der Waals surface area contributed by atoms with E-state index in [0.29, 0.717) is 6.54 Å². The Labute approximate surface area is 151 Å². The van der Waals surface area contributed by atoms with Gasteiger partial charge in [-0.05, 0) is 36.8 Å². The normalized spacial score (nSPS) is 16.8. The summed E-state index contributed by atoms with van der Waals surface area (Å²) >= 11 is 0. The number of nitrogens with one attached hydrogen (secondary N) is 2. The Kier molecular flexibility index (Phi) is 6.98. The van der Waals surface area contributed by atoms with E-state index in [2.05, 4.69) is 40.9 Å². The van der Waals surface area contributed by atoms with Gasteiger partial charge >= 0.3 is 0 Å². The topological polar surface area (TPSA) is 78.5 Å². The summed E-state index contributed by atoms with van der Waals surface area (Å²) in [5.74, 6) is -0.00915. The van der Waals surface area contributed by atoms with Gasteiger partial charge in [-0.3, -0.25) is 9.69 Å². The number of likely N-dealkylation sites (tertiary alicyclic amines) is 1. The van der Waals surface area contributed by atoms with E-state index in [0.717, 1.165) is 55.6 Å². The average molecular weight is 368 g/mol. The largest absolute Gasteiger partial charge is 0.324 e. The van der Waals surface area contributed by atoms with Crippen LogP contribution in [0.25, 0.3) is 0 Å². The number of piperidine rings is 1. The molecule has 0 aromatic heterocycles. The molecule has 1 heterocycles. The van der Waals surface area contributed by atoms with Gasteiger partial charge in [0, 0.05) is 24.8 Å². The summed E-state index contributed by atoms with van der Waals surface area (Å²) in [7, 11) is -3.17. The molecule has 2 rings (SSSR count). The third kappa shape index (κ3) is 6.09. The van der Waals surface area contributed by atoms with Crippen LogP contribution in [0.15, 0.2) is 18.2 Å². The van der Waals surface area contributed by atoms with E-state index in [4.69, 9.17) is 0 Å². The van der Waals surface area contributed by atoms with Gasteiger partial charge in [-0.15, -0.1) is 0 Å². The number of para-hydroxylation sites is 1. The number of rotatable bonds is 7. The molecule has 1 aliphatic rings. The highest BCUT2D eigenvalue weighted by molar-refractivity contribution is 7.88. The van der Waals surface area contributed by atoms with Crippen LogP contribution in [0.3, 0.4) is 0 Å². The van der Waals surface area contributed by atoms with E-state index in [1.807, 2.05) is 6.07 Å². The fourth-order valence-electron chi connectivity index (χ4n) is 3.30. The van der Waals surface area contributed by atoms with Gasteiger partial charge in [-0.25, -0.2) is 13.1 Å². The minimum absolute atomic E-state index is 0.00915. The van der Waals surface area contributed by atoms with Crippen molar-refractivity contribution in [1.29, 1.82) is 0 Å². The van der Waals surface area contributed by atoms with Crippen LogP contribution in [0.1, 0.15) is 37.8 Å². The Hall–Kier alpha value is -1.44. The first-order valence-electron chi connectivity index (χ1n) is 8.92. The van der Waals surface area contributed by atoms with Crippen LogP contribution in [-0.2, 0) is 27.7 Å². The number of sulfonamides is 1. The maximum absolute atomic E-state index is 12.5. The molecule has 6 nitrogen and oxygen atoms in total. The number of aryl methyl sites for hydroxylation is 2. The molecule has 25 heavy (non-hydrogen) atoms. The summed E-state index contributed by atoms with van der Waals surface area (Å²) in [5, 5.41) is 3.09. The highest BCUT2D eigenvalue weighted by Crippen LogP contribution is 2.22. The number of anilines is 1. The van der Waals surface area contributed by atoms with Crippen LogP contribution in [0.5, 0.6) is 0 Å².